The van der Waals surface area contributed by atoms with E-state index in [1.54, 1.807) is 6.92 Å². The molecule has 54 valence electrons. The maximum absolute atomic E-state index is 10.4. The Morgan fingerprint density at radius 1 is 1.78 bits per heavy atom. The zero-order chi connectivity index (χ0) is 7.28. The Kier molecular flexibility index (Phi) is 3.79. The molecule has 9 heavy (non-hydrogen) atoms. The van der Waals surface area contributed by atoms with Gasteiger partial charge in [-0.15, -0.1) is 0 Å². The van der Waals surface area contributed by atoms with Gasteiger partial charge in [-0.05, 0) is 6.92 Å². The molecule has 0 radical (unpaired) electrons. The van der Waals surface area contributed by atoms with E-state index in [4.69, 9.17) is 5.11 Å². The van der Waals surface area contributed by atoms with E-state index >= 15 is 0 Å². The summed E-state index contributed by atoms with van der Waals surface area (Å²) in [6, 6.07) is -0.268. The van der Waals surface area contributed by atoms with Crippen molar-refractivity contribution in [3.63, 3.8) is 0 Å². The lowest BCUT2D eigenvalue weighted by Crippen LogP contribution is -2.36. The Hall–Kier alpha value is -0.770. The molecule has 0 aromatic rings. The van der Waals surface area contributed by atoms with Gasteiger partial charge in [0.2, 0.25) is 0 Å². The minimum atomic E-state index is -0.484. The number of nitrogens with one attached hydrogen (secondary N) is 2. The SMILES string of the molecule is CNC(=O)NC[C@@H](C)O. The first-order valence-corrected chi connectivity index (χ1v) is 2.80. The first-order valence-electron chi connectivity index (χ1n) is 2.80. The summed E-state index contributed by atoms with van der Waals surface area (Å²) in [4.78, 5) is 10.4. The molecular weight excluding hydrogens is 120 g/mol. The molecule has 0 aromatic heterocycles. The zero-order valence-electron chi connectivity index (χ0n) is 5.64. The summed E-state index contributed by atoms with van der Waals surface area (Å²) in [5.74, 6) is 0. The van der Waals surface area contributed by atoms with Crippen LogP contribution in [-0.2, 0) is 0 Å². The number of amides is 2. The second-order valence-electron chi connectivity index (χ2n) is 1.81. The van der Waals surface area contributed by atoms with Crippen LogP contribution in [0.2, 0.25) is 0 Å². The molecule has 4 nitrogen and oxygen atoms in total. The molecule has 0 aromatic carbocycles. The number of hydrogen-bond donors (Lipinski definition) is 3. The summed E-state index contributed by atoms with van der Waals surface area (Å²) in [6.07, 6.45) is -0.484. The highest BCUT2D eigenvalue weighted by Crippen LogP contribution is 1.73. The van der Waals surface area contributed by atoms with E-state index in [-0.39, 0.29) is 6.03 Å². The van der Waals surface area contributed by atoms with Crippen molar-refractivity contribution in [2.24, 2.45) is 0 Å². The minimum absolute atomic E-state index is 0.268. The quantitative estimate of drug-likeness (QED) is 0.465. The van der Waals surface area contributed by atoms with Crippen LogP contribution < -0.4 is 10.6 Å². The monoisotopic (exact) mass is 132 g/mol. The molecule has 0 fully saturated rings. The Bertz CT molecular complexity index is 93.0. The van der Waals surface area contributed by atoms with Gasteiger partial charge < -0.3 is 15.7 Å². The van der Waals surface area contributed by atoms with Gasteiger partial charge in [0, 0.05) is 13.6 Å². The van der Waals surface area contributed by atoms with Crippen molar-refractivity contribution in [2.45, 2.75) is 13.0 Å². The Labute approximate surface area is 54.3 Å². The highest BCUT2D eigenvalue weighted by atomic mass is 16.3. The molecule has 0 aliphatic heterocycles. The third-order valence-electron chi connectivity index (χ3n) is 0.785. The van der Waals surface area contributed by atoms with Crippen LogP contribution >= 0.6 is 0 Å². The maximum Gasteiger partial charge on any atom is 0.314 e. The molecular formula is C5H12N2O2. The van der Waals surface area contributed by atoms with E-state index in [1.165, 1.54) is 7.05 Å². The summed E-state index contributed by atoms with van der Waals surface area (Å²) in [5.41, 5.74) is 0. The molecule has 0 spiro atoms. The lowest BCUT2D eigenvalue weighted by atomic mass is 10.4. The van der Waals surface area contributed by atoms with Gasteiger partial charge in [-0.25, -0.2) is 4.79 Å². The van der Waals surface area contributed by atoms with Crippen LogP contribution in [0.15, 0.2) is 0 Å². The third kappa shape index (κ3) is 5.10. The Balaban J connectivity index is 3.17. The number of carbonyl (C=O) groups excluding carboxylic acids is 1. The molecule has 0 rings (SSSR count). The largest absolute Gasteiger partial charge is 0.392 e. The number of rotatable bonds is 2. The van der Waals surface area contributed by atoms with Crippen LogP contribution in [0.3, 0.4) is 0 Å². The summed E-state index contributed by atoms with van der Waals surface area (Å²) in [7, 11) is 1.53. The lowest BCUT2D eigenvalue weighted by molar-refractivity contribution is 0.188. The molecule has 1 atom stereocenters. The van der Waals surface area contributed by atoms with Crippen molar-refractivity contribution in [1.82, 2.24) is 10.6 Å². The first-order chi connectivity index (χ1) is 4.16. The minimum Gasteiger partial charge on any atom is -0.392 e. The number of aliphatic hydroxyl groups excluding tert-OH is 1. The highest BCUT2D eigenvalue weighted by Gasteiger charge is 1.97. The first kappa shape index (κ1) is 8.23. The number of carbonyl (C=O) groups is 1. The van der Waals surface area contributed by atoms with E-state index in [2.05, 4.69) is 10.6 Å². The lowest BCUT2D eigenvalue weighted by Gasteiger charge is -2.04. The Morgan fingerprint density at radius 2 is 2.33 bits per heavy atom. The molecule has 0 saturated heterocycles. The molecule has 3 N–H and O–H groups in total. The molecule has 0 heterocycles. The molecule has 0 bridgehead atoms. The van der Waals surface area contributed by atoms with Gasteiger partial charge in [-0.1, -0.05) is 0 Å². The average Bonchev–Trinajstić information content (AvgIpc) is 1.83. The van der Waals surface area contributed by atoms with E-state index < -0.39 is 6.10 Å². The van der Waals surface area contributed by atoms with Gasteiger partial charge in [0.1, 0.15) is 0 Å². The Morgan fingerprint density at radius 3 is 2.67 bits per heavy atom. The van der Waals surface area contributed by atoms with Gasteiger partial charge in [-0.3, -0.25) is 0 Å². The topological polar surface area (TPSA) is 61.4 Å². The normalized spacial score (nSPS) is 12.3. The van der Waals surface area contributed by atoms with Gasteiger partial charge >= 0.3 is 6.03 Å². The van der Waals surface area contributed by atoms with E-state index in [0.717, 1.165) is 0 Å². The van der Waals surface area contributed by atoms with Crippen molar-refractivity contribution < 1.29 is 9.90 Å². The van der Waals surface area contributed by atoms with Crippen LogP contribution in [0.25, 0.3) is 0 Å². The standard InChI is InChI=1S/C5H12N2O2/c1-4(8)3-7-5(9)6-2/h4,8H,3H2,1-2H3,(H2,6,7,9)/t4-/m1/s1. The molecule has 2 amide bonds. The van der Waals surface area contributed by atoms with E-state index in [1.807, 2.05) is 0 Å². The van der Waals surface area contributed by atoms with Crippen molar-refractivity contribution in [3.05, 3.63) is 0 Å². The predicted molar refractivity (Wildman–Crippen MR) is 34.1 cm³/mol. The van der Waals surface area contributed by atoms with Crippen LogP contribution in [0.4, 0.5) is 4.79 Å². The van der Waals surface area contributed by atoms with E-state index in [9.17, 15) is 4.79 Å². The van der Waals surface area contributed by atoms with Crippen LogP contribution in [0.1, 0.15) is 6.92 Å². The number of urea groups is 1. The van der Waals surface area contributed by atoms with Gasteiger partial charge in [0.05, 0.1) is 6.10 Å². The predicted octanol–water partition coefficient (Wildman–Crippen LogP) is -0.704. The fraction of sp³-hybridized carbons (Fsp3) is 0.800. The summed E-state index contributed by atoms with van der Waals surface area (Å²) >= 11 is 0. The molecule has 0 aliphatic rings. The summed E-state index contributed by atoms with van der Waals surface area (Å²) in [6.45, 7) is 1.90. The fourth-order valence-corrected chi connectivity index (χ4v) is 0.329. The summed E-state index contributed by atoms with van der Waals surface area (Å²) < 4.78 is 0. The van der Waals surface area contributed by atoms with Crippen molar-refractivity contribution >= 4 is 6.03 Å². The third-order valence-corrected chi connectivity index (χ3v) is 0.785. The summed E-state index contributed by atoms with van der Waals surface area (Å²) in [5, 5.41) is 13.4. The second-order valence-corrected chi connectivity index (χ2v) is 1.81. The maximum atomic E-state index is 10.4. The molecule has 0 saturated carbocycles. The van der Waals surface area contributed by atoms with Crippen LogP contribution in [-0.4, -0.2) is 30.8 Å². The van der Waals surface area contributed by atoms with Gasteiger partial charge in [0.15, 0.2) is 0 Å². The van der Waals surface area contributed by atoms with Crippen LogP contribution in [0.5, 0.6) is 0 Å². The van der Waals surface area contributed by atoms with E-state index in [0.29, 0.717) is 6.54 Å². The molecule has 0 unspecified atom stereocenters. The fourth-order valence-electron chi connectivity index (χ4n) is 0.329. The van der Waals surface area contributed by atoms with Crippen LogP contribution in [0, 0.1) is 0 Å². The van der Waals surface area contributed by atoms with Gasteiger partial charge in [-0.2, -0.15) is 0 Å². The van der Waals surface area contributed by atoms with Crippen molar-refractivity contribution in [1.29, 1.82) is 0 Å². The highest BCUT2D eigenvalue weighted by molar-refractivity contribution is 5.73. The number of hydrogen-bond acceptors (Lipinski definition) is 2. The van der Waals surface area contributed by atoms with Gasteiger partial charge in [0.25, 0.3) is 0 Å². The smallest absolute Gasteiger partial charge is 0.314 e. The molecule has 0 aliphatic carbocycles. The zero-order valence-corrected chi connectivity index (χ0v) is 5.64. The second kappa shape index (κ2) is 4.14. The average molecular weight is 132 g/mol. The van der Waals surface area contributed by atoms with Crippen molar-refractivity contribution in [2.75, 3.05) is 13.6 Å². The number of aliphatic hydroxyl groups is 1. The van der Waals surface area contributed by atoms with Crippen molar-refractivity contribution in [3.8, 4) is 0 Å². The molecule has 4 heteroatoms.